The summed E-state index contributed by atoms with van der Waals surface area (Å²) in [5.74, 6) is -2.97. The zero-order valence-corrected chi connectivity index (χ0v) is 15.3. The Morgan fingerprint density at radius 2 is 1.69 bits per heavy atom. The van der Waals surface area contributed by atoms with Crippen molar-refractivity contribution >= 4 is 17.6 Å². The average molecular weight is 407 g/mol. The summed E-state index contributed by atoms with van der Waals surface area (Å²) >= 11 is 0. The molecule has 3 aromatic rings. The lowest BCUT2D eigenvalue weighted by atomic mass is 10.2. The third-order valence-corrected chi connectivity index (χ3v) is 3.74. The number of amides is 1. The zero-order valence-electron chi connectivity index (χ0n) is 15.3. The number of hydrogen-bond donors (Lipinski definition) is 2. The molecule has 0 aliphatic rings. The topological polar surface area (TPSA) is 110 Å². The van der Waals surface area contributed by atoms with Gasteiger partial charge in [0.1, 0.15) is 0 Å². The van der Waals surface area contributed by atoms with Crippen LogP contribution in [0.5, 0.6) is 0 Å². The number of carbonyl (C=O) groups is 2. The van der Waals surface area contributed by atoms with E-state index in [1.807, 2.05) is 42.7 Å². The molecule has 0 aliphatic carbocycles. The summed E-state index contributed by atoms with van der Waals surface area (Å²) in [7, 11) is 0. The number of carboxylic acids is 1. The van der Waals surface area contributed by atoms with Gasteiger partial charge < -0.3 is 15.0 Å². The Balaban J connectivity index is 0.000000370. The average Bonchev–Trinajstić information content (AvgIpc) is 3.02. The molecule has 0 aliphatic heterocycles. The first kappa shape index (κ1) is 21.5. The van der Waals surface area contributed by atoms with Gasteiger partial charge in [0.2, 0.25) is 0 Å². The molecule has 0 unspecified atom stereocenters. The van der Waals surface area contributed by atoms with Crippen LogP contribution < -0.4 is 5.32 Å². The first-order valence-electron chi connectivity index (χ1n) is 8.08. The molecule has 11 heteroatoms. The quantitative estimate of drug-likeness (QED) is 0.690. The van der Waals surface area contributed by atoms with Crippen LogP contribution in [0.4, 0.5) is 18.9 Å². The number of benzene rings is 1. The molecule has 0 saturated carbocycles. The predicted octanol–water partition coefficient (Wildman–Crippen LogP) is 3.16. The number of nitrogens with one attached hydrogen (secondary N) is 1. The van der Waals surface area contributed by atoms with Gasteiger partial charge in [-0.15, -0.1) is 0 Å². The number of alkyl halides is 3. The van der Waals surface area contributed by atoms with Crippen LogP contribution in [0.1, 0.15) is 21.7 Å². The van der Waals surface area contributed by atoms with E-state index >= 15 is 0 Å². The van der Waals surface area contributed by atoms with Crippen molar-refractivity contribution in [3.8, 4) is 5.69 Å². The third-order valence-electron chi connectivity index (χ3n) is 3.74. The number of carboxylic acid groups (broad SMARTS) is 1. The van der Waals surface area contributed by atoms with Crippen molar-refractivity contribution in [3.63, 3.8) is 0 Å². The molecule has 2 aromatic heterocycles. The third kappa shape index (κ3) is 5.86. The molecule has 29 heavy (non-hydrogen) atoms. The molecule has 0 bridgehead atoms. The van der Waals surface area contributed by atoms with Crippen LogP contribution in [0, 0.1) is 13.8 Å². The normalized spacial score (nSPS) is 10.7. The van der Waals surface area contributed by atoms with E-state index in [1.54, 1.807) is 12.4 Å². The monoisotopic (exact) mass is 407 g/mol. The Kier molecular flexibility index (Phi) is 6.65. The molecular formula is C18H16F3N5O3. The molecule has 0 saturated heterocycles. The van der Waals surface area contributed by atoms with Crippen molar-refractivity contribution in [2.75, 3.05) is 5.32 Å². The number of nitrogens with zero attached hydrogens (tertiary/aromatic N) is 4. The molecule has 0 fully saturated rings. The van der Waals surface area contributed by atoms with Gasteiger partial charge in [-0.3, -0.25) is 4.79 Å². The summed E-state index contributed by atoms with van der Waals surface area (Å²) in [5, 5.41) is 17.3. The summed E-state index contributed by atoms with van der Waals surface area (Å²) in [6.45, 7) is 4.00. The van der Waals surface area contributed by atoms with E-state index in [1.165, 1.54) is 12.4 Å². The number of imidazole rings is 1. The van der Waals surface area contributed by atoms with Gasteiger partial charge in [-0.05, 0) is 44.2 Å². The largest absolute Gasteiger partial charge is 0.490 e. The van der Waals surface area contributed by atoms with E-state index in [4.69, 9.17) is 9.90 Å². The minimum atomic E-state index is -5.08. The molecule has 0 atom stereocenters. The van der Waals surface area contributed by atoms with Gasteiger partial charge in [-0.2, -0.15) is 23.4 Å². The van der Waals surface area contributed by atoms with Crippen LogP contribution in [0.2, 0.25) is 0 Å². The second-order valence-corrected chi connectivity index (χ2v) is 5.72. The zero-order chi connectivity index (χ0) is 21.6. The number of aryl methyl sites for hydroxylation is 1. The molecule has 152 valence electrons. The fourth-order valence-electron chi connectivity index (χ4n) is 2.09. The highest BCUT2D eigenvalue weighted by atomic mass is 19.4. The Labute approximate surface area is 163 Å². The van der Waals surface area contributed by atoms with Crippen LogP contribution >= 0.6 is 0 Å². The Morgan fingerprint density at radius 1 is 1.07 bits per heavy atom. The summed E-state index contributed by atoms with van der Waals surface area (Å²) in [6, 6.07) is 9.21. The standard InChI is InChI=1S/C16H15N5O.C2HF3O2/c1-11-12(2)21(10-17-11)15-5-3-14(4-6-15)20-16(22)13-7-8-18-19-9-13;3-2(4,5)1(6)7/h3-10H,1-2H3,(H,20,22);(H,6,7). The maximum absolute atomic E-state index is 12.0. The summed E-state index contributed by atoms with van der Waals surface area (Å²) < 4.78 is 33.7. The van der Waals surface area contributed by atoms with E-state index < -0.39 is 12.1 Å². The fourth-order valence-corrected chi connectivity index (χ4v) is 2.09. The SMILES string of the molecule is Cc1ncn(-c2ccc(NC(=O)c3ccnnc3)cc2)c1C.O=C(O)C(F)(F)F. The number of aliphatic carboxylic acids is 1. The van der Waals surface area contributed by atoms with Crippen molar-refractivity contribution in [1.82, 2.24) is 19.7 Å². The number of aromatic nitrogens is 4. The van der Waals surface area contributed by atoms with Gasteiger partial charge in [0, 0.05) is 17.1 Å². The van der Waals surface area contributed by atoms with Gasteiger partial charge in [0.05, 0.1) is 30.0 Å². The van der Waals surface area contributed by atoms with E-state index in [0.29, 0.717) is 5.56 Å². The first-order chi connectivity index (χ1) is 13.6. The van der Waals surface area contributed by atoms with Crippen LogP contribution in [0.15, 0.2) is 49.1 Å². The van der Waals surface area contributed by atoms with Crippen molar-refractivity contribution in [2.24, 2.45) is 0 Å². The summed E-state index contributed by atoms with van der Waals surface area (Å²) in [5.41, 5.74) is 4.30. The second-order valence-electron chi connectivity index (χ2n) is 5.72. The van der Waals surface area contributed by atoms with Crippen molar-refractivity contribution in [3.05, 3.63) is 66.0 Å². The predicted molar refractivity (Wildman–Crippen MR) is 96.7 cm³/mol. The molecule has 1 aromatic carbocycles. The molecule has 2 N–H and O–H groups in total. The lowest BCUT2D eigenvalue weighted by molar-refractivity contribution is -0.192. The highest BCUT2D eigenvalue weighted by Gasteiger charge is 2.38. The van der Waals surface area contributed by atoms with Crippen molar-refractivity contribution in [2.45, 2.75) is 20.0 Å². The number of anilines is 1. The van der Waals surface area contributed by atoms with E-state index in [-0.39, 0.29) is 5.91 Å². The van der Waals surface area contributed by atoms with Crippen LogP contribution in [-0.2, 0) is 4.79 Å². The fraction of sp³-hybridized carbons (Fsp3) is 0.167. The van der Waals surface area contributed by atoms with Gasteiger partial charge >= 0.3 is 12.1 Å². The highest BCUT2D eigenvalue weighted by molar-refractivity contribution is 6.03. The lowest BCUT2D eigenvalue weighted by Gasteiger charge is -2.08. The van der Waals surface area contributed by atoms with E-state index in [9.17, 15) is 18.0 Å². The summed E-state index contributed by atoms with van der Waals surface area (Å²) in [6.07, 6.45) is -0.371. The molecular weight excluding hydrogens is 391 g/mol. The molecule has 1 amide bonds. The van der Waals surface area contributed by atoms with Crippen molar-refractivity contribution in [1.29, 1.82) is 0 Å². The minimum Gasteiger partial charge on any atom is -0.475 e. The lowest BCUT2D eigenvalue weighted by Crippen LogP contribution is -2.21. The molecule has 2 heterocycles. The van der Waals surface area contributed by atoms with Gasteiger partial charge in [0.15, 0.2) is 0 Å². The van der Waals surface area contributed by atoms with Gasteiger partial charge in [0.25, 0.3) is 5.91 Å². The minimum absolute atomic E-state index is 0.211. The highest BCUT2D eigenvalue weighted by Crippen LogP contribution is 2.17. The maximum atomic E-state index is 12.0. The number of hydrogen-bond acceptors (Lipinski definition) is 5. The summed E-state index contributed by atoms with van der Waals surface area (Å²) in [4.78, 5) is 25.2. The molecule has 0 spiro atoms. The number of halogens is 3. The van der Waals surface area contributed by atoms with Crippen LogP contribution in [-0.4, -0.2) is 42.9 Å². The Morgan fingerprint density at radius 3 is 2.14 bits per heavy atom. The Hall–Kier alpha value is -3.76. The van der Waals surface area contributed by atoms with Crippen molar-refractivity contribution < 1.29 is 27.9 Å². The van der Waals surface area contributed by atoms with Gasteiger partial charge in [-0.25, -0.2) is 9.78 Å². The smallest absolute Gasteiger partial charge is 0.475 e. The molecule has 8 nitrogen and oxygen atoms in total. The van der Waals surface area contributed by atoms with Crippen LogP contribution in [0.3, 0.4) is 0 Å². The molecule has 3 rings (SSSR count). The maximum Gasteiger partial charge on any atom is 0.490 e. The van der Waals surface area contributed by atoms with Gasteiger partial charge in [-0.1, -0.05) is 0 Å². The Bertz CT molecular complexity index is 986. The van der Waals surface area contributed by atoms with Crippen LogP contribution in [0.25, 0.3) is 5.69 Å². The molecule has 0 radical (unpaired) electrons. The number of carbonyl (C=O) groups excluding carboxylic acids is 1. The first-order valence-corrected chi connectivity index (χ1v) is 8.08. The second kappa shape index (κ2) is 8.95. The number of rotatable bonds is 3. The van der Waals surface area contributed by atoms with E-state index in [0.717, 1.165) is 22.8 Å². The van der Waals surface area contributed by atoms with E-state index in [2.05, 4.69) is 20.5 Å².